The maximum Gasteiger partial charge on any atom is 0.135 e. The molecule has 0 aliphatic heterocycles. The zero-order chi connectivity index (χ0) is 50.6. The maximum absolute atomic E-state index is 6.22. The van der Waals surface area contributed by atoms with E-state index < -0.39 is 0 Å². The van der Waals surface area contributed by atoms with Crippen LogP contribution >= 0.6 is 0 Å². The highest BCUT2D eigenvalue weighted by Crippen LogP contribution is 2.53. The minimum Gasteiger partial charge on any atom is -0.456 e. The van der Waals surface area contributed by atoms with Crippen molar-refractivity contribution in [3.63, 3.8) is 0 Å². The van der Waals surface area contributed by atoms with Crippen LogP contribution < -0.4 is 9.80 Å². The van der Waals surface area contributed by atoms with Crippen molar-refractivity contribution >= 4 is 99.5 Å². The van der Waals surface area contributed by atoms with Crippen LogP contribution in [0.1, 0.15) is 30.5 Å². The van der Waals surface area contributed by atoms with Crippen LogP contribution in [0.5, 0.6) is 0 Å². The van der Waals surface area contributed by atoms with Crippen molar-refractivity contribution in [2.75, 3.05) is 9.80 Å². The van der Waals surface area contributed by atoms with Crippen LogP contribution in [0.25, 0.3) is 98.8 Å². The summed E-state index contributed by atoms with van der Waals surface area (Å²) in [6.45, 7) is 7.13. The second-order valence-corrected chi connectivity index (χ2v) is 20.9. The first kappa shape index (κ1) is 43.9. The first-order chi connectivity index (χ1) is 37.3. The van der Waals surface area contributed by atoms with Crippen LogP contribution in [0.2, 0.25) is 0 Å². The highest BCUT2D eigenvalue weighted by molar-refractivity contribution is 6.19. The molecule has 4 nitrogen and oxygen atoms in total. The molecule has 2 aromatic heterocycles. The summed E-state index contributed by atoms with van der Waals surface area (Å²) in [7, 11) is 0. The third kappa shape index (κ3) is 6.84. The zero-order valence-corrected chi connectivity index (χ0v) is 42.4. The van der Waals surface area contributed by atoms with Crippen molar-refractivity contribution in [3.8, 4) is 33.4 Å². The van der Waals surface area contributed by atoms with Gasteiger partial charge >= 0.3 is 0 Å². The molecule has 0 saturated carbocycles. The van der Waals surface area contributed by atoms with E-state index in [1.54, 1.807) is 0 Å². The summed E-state index contributed by atoms with van der Waals surface area (Å²) in [5.41, 5.74) is 21.3. The molecule has 0 fully saturated rings. The fraction of sp³-hybridized carbons (Fsp3) is 0.0556. The standard InChI is InChI=1S/C72H50N2O2/c1-45-56-37-29-48(46-25-31-52(32-26-46)73(50-15-6-4-7-16-50)54-35-39-68-62(43-54)57-19-10-12-23-66(57)75-68)41-61(56)59-21-14-22-64-71(59)70(45)60-38-30-49(42-65(60)72(64,2)3)47-27-33-53(34-28-47)74(51-17-8-5-9-18-51)55-36-40-69-63(44-55)58-20-11-13-24-67(58)76-69/h4-44H,1-3H3. The predicted molar refractivity (Wildman–Crippen MR) is 319 cm³/mol. The molecule has 0 N–H and O–H groups in total. The van der Waals surface area contributed by atoms with E-state index in [1.807, 2.05) is 24.3 Å². The molecule has 76 heavy (non-hydrogen) atoms. The van der Waals surface area contributed by atoms with Crippen LogP contribution in [-0.2, 0) is 5.41 Å². The van der Waals surface area contributed by atoms with Gasteiger partial charge in [-0.25, -0.2) is 0 Å². The van der Waals surface area contributed by atoms with Crippen molar-refractivity contribution in [1.29, 1.82) is 0 Å². The fourth-order valence-electron chi connectivity index (χ4n) is 12.5. The molecule has 0 unspecified atom stereocenters. The monoisotopic (exact) mass is 974 g/mol. The van der Waals surface area contributed by atoms with Crippen LogP contribution in [-0.4, -0.2) is 0 Å². The second kappa shape index (κ2) is 17.0. The quantitative estimate of drug-likeness (QED) is 0.142. The van der Waals surface area contributed by atoms with E-state index in [-0.39, 0.29) is 5.41 Å². The van der Waals surface area contributed by atoms with Crippen LogP contribution in [0.3, 0.4) is 0 Å². The summed E-state index contributed by atoms with van der Waals surface area (Å²) in [6.07, 6.45) is 0. The molecule has 12 aromatic carbocycles. The number of nitrogens with zero attached hydrogens (tertiary/aromatic N) is 2. The third-order valence-electron chi connectivity index (χ3n) is 16.2. The summed E-state index contributed by atoms with van der Waals surface area (Å²) in [6, 6.07) is 90.0. The van der Waals surface area contributed by atoms with Crippen LogP contribution in [0.4, 0.5) is 34.1 Å². The van der Waals surface area contributed by atoms with E-state index >= 15 is 0 Å². The Balaban J connectivity index is 0.779. The minimum absolute atomic E-state index is 0.245. The van der Waals surface area contributed by atoms with Gasteiger partial charge in [-0.05, 0) is 188 Å². The Hall–Kier alpha value is -9.64. The number of benzene rings is 12. The van der Waals surface area contributed by atoms with Gasteiger partial charge in [-0.15, -0.1) is 0 Å². The van der Waals surface area contributed by atoms with Crippen LogP contribution in [0, 0.1) is 6.92 Å². The molecule has 4 heteroatoms. The number of furan rings is 2. The van der Waals surface area contributed by atoms with Crippen molar-refractivity contribution in [1.82, 2.24) is 0 Å². The van der Waals surface area contributed by atoms with Gasteiger partial charge < -0.3 is 18.6 Å². The molecule has 1 aliphatic carbocycles. The summed E-state index contributed by atoms with van der Waals surface area (Å²) in [5.74, 6) is 0. The normalized spacial score (nSPS) is 12.8. The number of fused-ring (bicyclic) bond motifs is 10. The lowest BCUT2D eigenvalue weighted by molar-refractivity contribution is 0.645. The number of anilines is 6. The van der Waals surface area contributed by atoms with Gasteiger partial charge in [0.1, 0.15) is 22.3 Å². The predicted octanol–water partition coefficient (Wildman–Crippen LogP) is 20.7. The number of aryl methyl sites for hydroxylation is 1. The van der Waals surface area contributed by atoms with Gasteiger partial charge in [-0.3, -0.25) is 0 Å². The molecular formula is C72H50N2O2. The molecule has 0 bridgehead atoms. The lowest BCUT2D eigenvalue weighted by atomic mass is 9.66. The zero-order valence-electron chi connectivity index (χ0n) is 42.4. The number of hydrogen-bond donors (Lipinski definition) is 0. The number of hydrogen-bond acceptors (Lipinski definition) is 4. The third-order valence-corrected chi connectivity index (χ3v) is 16.2. The molecule has 0 radical (unpaired) electrons. The van der Waals surface area contributed by atoms with Gasteiger partial charge in [-0.1, -0.05) is 153 Å². The molecule has 15 rings (SSSR count). The van der Waals surface area contributed by atoms with Gasteiger partial charge in [0.15, 0.2) is 0 Å². The smallest absolute Gasteiger partial charge is 0.135 e. The average Bonchev–Trinajstić information content (AvgIpc) is 4.19. The molecule has 0 atom stereocenters. The summed E-state index contributed by atoms with van der Waals surface area (Å²) in [4.78, 5) is 4.66. The maximum atomic E-state index is 6.22. The molecular weight excluding hydrogens is 925 g/mol. The van der Waals surface area contributed by atoms with E-state index in [1.165, 1.54) is 71.6 Å². The highest BCUT2D eigenvalue weighted by Gasteiger charge is 2.35. The van der Waals surface area contributed by atoms with E-state index in [9.17, 15) is 0 Å². The lowest BCUT2D eigenvalue weighted by Gasteiger charge is -2.37. The first-order valence-electron chi connectivity index (χ1n) is 26.2. The fourth-order valence-corrected chi connectivity index (χ4v) is 12.5. The van der Waals surface area contributed by atoms with Gasteiger partial charge in [0.2, 0.25) is 0 Å². The minimum atomic E-state index is -0.245. The number of rotatable bonds is 8. The first-order valence-corrected chi connectivity index (χ1v) is 26.2. The van der Waals surface area contributed by atoms with Gasteiger partial charge in [0, 0.05) is 61.1 Å². The topological polar surface area (TPSA) is 32.8 Å². The second-order valence-electron chi connectivity index (χ2n) is 20.9. The van der Waals surface area contributed by atoms with Crippen molar-refractivity contribution in [3.05, 3.63) is 265 Å². The SMILES string of the molecule is Cc1c2c3c(cccc3c3cc(-c4ccc(N(c5ccccc5)c5ccc6oc7ccccc7c6c5)cc4)ccc13)C(C)(C)c1cc(-c3ccc(N(c4ccccc4)c4ccc5oc6ccccc6c5c4)cc3)ccc1-2. The van der Waals surface area contributed by atoms with Gasteiger partial charge in [0.25, 0.3) is 0 Å². The van der Waals surface area contributed by atoms with Crippen molar-refractivity contribution < 1.29 is 8.83 Å². The molecule has 0 saturated heterocycles. The van der Waals surface area contributed by atoms with E-state index in [0.717, 1.165) is 78.0 Å². The largest absolute Gasteiger partial charge is 0.456 e. The van der Waals surface area contributed by atoms with E-state index in [4.69, 9.17) is 8.83 Å². The lowest BCUT2D eigenvalue weighted by Crippen LogP contribution is -2.24. The molecule has 14 aromatic rings. The Bertz CT molecular complexity index is 4610. The average molecular weight is 975 g/mol. The summed E-state index contributed by atoms with van der Waals surface area (Å²) < 4.78 is 12.4. The van der Waals surface area contributed by atoms with E-state index in [2.05, 4.69) is 255 Å². The Morgan fingerprint density at radius 2 is 0.750 bits per heavy atom. The molecule has 2 heterocycles. The highest BCUT2D eigenvalue weighted by atomic mass is 16.3. The van der Waals surface area contributed by atoms with Crippen molar-refractivity contribution in [2.45, 2.75) is 26.2 Å². The summed E-state index contributed by atoms with van der Waals surface area (Å²) >= 11 is 0. The van der Waals surface area contributed by atoms with Crippen LogP contribution in [0.15, 0.2) is 258 Å². The Morgan fingerprint density at radius 3 is 1.32 bits per heavy atom. The van der Waals surface area contributed by atoms with E-state index in [0.29, 0.717) is 0 Å². The Kier molecular flexibility index (Phi) is 9.79. The Morgan fingerprint density at radius 1 is 0.303 bits per heavy atom. The molecule has 360 valence electrons. The Labute approximate surface area is 440 Å². The van der Waals surface area contributed by atoms with Crippen molar-refractivity contribution in [2.24, 2.45) is 0 Å². The molecule has 1 aliphatic rings. The number of para-hydroxylation sites is 4. The van der Waals surface area contributed by atoms with Gasteiger partial charge in [-0.2, -0.15) is 0 Å². The van der Waals surface area contributed by atoms with Gasteiger partial charge in [0.05, 0.1) is 0 Å². The summed E-state index contributed by atoms with van der Waals surface area (Å²) in [5, 5.41) is 9.68. The molecule has 0 spiro atoms. The molecule has 0 amide bonds.